The second-order valence-corrected chi connectivity index (χ2v) is 6.49. The van der Waals surface area contributed by atoms with E-state index < -0.39 is 0 Å². The Labute approximate surface area is 141 Å². The van der Waals surface area contributed by atoms with Crippen molar-refractivity contribution in [2.75, 3.05) is 7.05 Å². The first-order valence-electron chi connectivity index (χ1n) is 6.54. The van der Waals surface area contributed by atoms with Crippen LogP contribution in [0.25, 0.3) is 0 Å². The van der Waals surface area contributed by atoms with E-state index in [-0.39, 0.29) is 11.9 Å². The number of rotatable bonds is 5. The van der Waals surface area contributed by atoms with Crippen LogP contribution >= 0.6 is 31.9 Å². The number of benzene rings is 2. The fraction of sp³-hybridized carbons (Fsp3) is 0.250. The quantitative estimate of drug-likeness (QED) is 0.722. The Morgan fingerprint density at radius 3 is 2.62 bits per heavy atom. The first kappa shape index (κ1) is 16.5. The van der Waals surface area contributed by atoms with E-state index in [0.29, 0.717) is 11.1 Å². The molecule has 0 bridgehead atoms. The standard InChI is InChI=1S/C16H16Br2FNO/c1-10(20-2)14-6-4-12(17)7-16(14)21-9-11-3-5-13(19)8-15(11)18/h3-8,10,20H,9H2,1-2H3. The van der Waals surface area contributed by atoms with E-state index in [9.17, 15) is 4.39 Å². The Morgan fingerprint density at radius 1 is 1.19 bits per heavy atom. The minimum absolute atomic E-state index is 0.185. The molecule has 1 N–H and O–H groups in total. The van der Waals surface area contributed by atoms with E-state index >= 15 is 0 Å². The molecule has 0 radical (unpaired) electrons. The van der Waals surface area contributed by atoms with Gasteiger partial charge in [-0.15, -0.1) is 0 Å². The van der Waals surface area contributed by atoms with Gasteiger partial charge in [0.1, 0.15) is 18.2 Å². The van der Waals surface area contributed by atoms with Gasteiger partial charge in [-0.2, -0.15) is 0 Å². The van der Waals surface area contributed by atoms with Gasteiger partial charge in [-0.3, -0.25) is 0 Å². The van der Waals surface area contributed by atoms with Crippen LogP contribution in [-0.2, 0) is 6.61 Å². The van der Waals surface area contributed by atoms with Crippen LogP contribution in [0.15, 0.2) is 45.3 Å². The van der Waals surface area contributed by atoms with Crippen LogP contribution in [0.2, 0.25) is 0 Å². The van der Waals surface area contributed by atoms with E-state index in [2.05, 4.69) is 44.1 Å². The molecule has 5 heteroatoms. The Hall–Kier alpha value is -0.910. The summed E-state index contributed by atoms with van der Waals surface area (Å²) in [4.78, 5) is 0. The molecular formula is C16H16Br2FNO. The van der Waals surface area contributed by atoms with E-state index in [1.165, 1.54) is 12.1 Å². The Balaban J connectivity index is 2.21. The van der Waals surface area contributed by atoms with Gasteiger partial charge in [0, 0.05) is 26.1 Å². The van der Waals surface area contributed by atoms with Crippen molar-refractivity contribution < 1.29 is 9.13 Å². The van der Waals surface area contributed by atoms with Crippen molar-refractivity contribution in [3.63, 3.8) is 0 Å². The highest BCUT2D eigenvalue weighted by atomic mass is 79.9. The Bertz CT molecular complexity index is 634. The monoisotopic (exact) mass is 415 g/mol. The van der Waals surface area contributed by atoms with Crippen LogP contribution in [0.1, 0.15) is 24.1 Å². The lowest BCUT2D eigenvalue weighted by Gasteiger charge is -2.17. The molecule has 0 saturated heterocycles. The molecule has 1 atom stereocenters. The molecular weight excluding hydrogens is 401 g/mol. The molecule has 2 nitrogen and oxygen atoms in total. The fourth-order valence-corrected chi connectivity index (χ4v) is 2.75. The van der Waals surface area contributed by atoms with Crippen molar-refractivity contribution >= 4 is 31.9 Å². The van der Waals surface area contributed by atoms with Gasteiger partial charge in [0.05, 0.1) is 0 Å². The highest BCUT2D eigenvalue weighted by Gasteiger charge is 2.11. The molecule has 0 fully saturated rings. The zero-order valence-electron chi connectivity index (χ0n) is 11.8. The zero-order chi connectivity index (χ0) is 15.4. The molecule has 0 aliphatic heterocycles. The number of nitrogens with one attached hydrogen (secondary N) is 1. The molecule has 1 unspecified atom stereocenters. The summed E-state index contributed by atoms with van der Waals surface area (Å²) in [6.07, 6.45) is 0. The number of hydrogen-bond acceptors (Lipinski definition) is 2. The van der Waals surface area contributed by atoms with Crippen molar-refractivity contribution in [3.8, 4) is 5.75 Å². The van der Waals surface area contributed by atoms with Crippen LogP contribution in [0.5, 0.6) is 5.75 Å². The maximum atomic E-state index is 13.1. The predicted molar refractivity (Wildman–Crippen MR) is 90.0 cm³/mol. The lowest BCUT2D eigenvalue weighted by molar-refractivity contribution is 0.299. The van der Waals surface area contributed by atoms with Gasteiger partial charge in [-0.05, 0) is 38.2 Å². The summed E-state index contributed by atoms with van der Waals surface area (Å²) in [5.41, 5.74) is 1.98. The van der Waals surface area contributed by atoms with Gasteiger partial charge in [-0.25, -0.2) is 4.39 Å². The predicted octanol–water partition coefficient (Wildman–Crippen LogP) is 5.21. The third kappa shape index (κ3) is 4.28. The van der Waals surface area contributed by atoms with Crippen LogP contribution < -0.4 is 10.1 Å². The second kappa shape index (κ2) is 7.38. The summed E-state index contributed by atoms with van der Waals surface area (Å²) in [5.74, 6) is 0.542. The van der Waals surface area contributed by atoms with Crippen molar-refractivity contribution in [1.29, 1.82) is 0 Å². The van der Waals surface area contributed by atoms with Gasteiger partial charge in [0.2, 0.25) is 0 Å². The van der Waals surface area contributed by atoms with E-state index in [1.807, 2.05) is 25.2 Å². The molecule has 21 heavy (non-hydrogen) atoms. The molecule has 0 amide bonds. The van der Waals surface area contributed by atoms with Gasteiger partial charge in [0.25, 0.3) is 0 Å². The molecule has 2 aromatic rings. The molecule has 112 valence electrons. The third-order valence-corrected chi connectivity index (χ3v) is 4.50. The van der Waals surface area contributed by atoms with Crippen molar-refractivity contribution in [3.05, 3.63) is 62.3 Å². The molecule has 2 aromatic carbocycles. The smallest absolute Gasteiger partial charge is 0.125 e. The number of ether oxygens (including phenoxy) is 1. The highest BCUT2D eigenvalue weighted by molar-refractivity contribution is 9.10. The minimum atomic E-state index is -0.266. The van der Waals surface area contributed by atoms with Crippen LogP contribution in [0.3, 0.4) is 0 Å². The molecule has 0 aliphatic rings. The molecule has 0 aromatic heterocycles. The lowest BCUT2D eigenvalue weighted by atomic mass is 10.1. The molecule has 0 aliphatic carbocycles. The number of halogens is 3. The summed E-state index contributed by atoms with van der Waals surface area (Å²) < 4.78 is 20.7. The Kier molecular flexibility index (Phi) is 5.79. The molecule has 0 spiro atoms. The van der Waals surface area contributed by atoms with E-state index in [4.69, 9.17) is 4.74 Å². The topological polar surface area (TPSA) is 21.3 Å². The normalized spacial score (nSPS) is 12.2. The average molecular weight is 417 g/mol. The first-order chi connectivity index (χ1) is 10.0. The van der Waals surface area contributed by atoms with Gasteiger partial charge >= 0.3 is 0 Å². The van der Waals surface area contributed by atoms with Gasteiger partial charge in [0.15, 0.2) is 0 Å². The average Bonchev–Trinajstić information content (AvgIpc) is 2.45. The SMILES string of the molecule is CNC(C)c1ccc(Br)cc1OCc1ccc(F)cc1Br. The minimum Gasteiger partial charge on any atom is -0.488 e. The molecule has 0 heterocycles. The zero-order valence-corrected chi connectivity index (χ0v) is 15.0. The summed E-state index contributed by atoms with van der Waals surface area (Å²) in [6.45, 7) is 2.45. The summed E-state index contributed by atoms with van der Waals surface area (Å²) >= 11 is 6.81. The van der Waals surface area contributed by atoms with Crippen molar-refractivity contribution in [1.82, 2.24) is 5.32 Å². The van der Waals surface area contributed by atoms with Crippen molar-refractivity contribution in [2.45, 2.75) is 19.6 Å². The second-order valence-electron chi connectivity index (χ2n) is 4.72. The maximum Gasteiger partial charge on any atom is 0.125 e. The Morgan fingerprint density at radius 2 is 1.95 bits per heavy atom. The summed E-state index contributed by atoms with van der Waals surface area (Å²) in [5, 5.41) is 3.20. The van der Waals surface area contributed by atoms with E-state index in [1.54, 1.807) is 6.07 Å². The molecule has 2 rings (SSSR count). The highest BCUT2D eigenvalue weighted by Crippen LogP contribution is 2.30. The first-order valence-corrected chi connectivity index (χ1v) is 8.13. The number of hydrogen-bond donors (Lipinski definition) is 1. The summed E-state index contributed by atoms with van der Waals surface area (Å²) in [6, 6.07) is 10.7. The van der Waals surface area contributed by atoms with Gasteiger partial charge < -0.3 is 10.1 Å². The van der Waals surface area contributed by atoms with E-state index in [0.717, 1.165) is 21.3 Å². The maximum absolute atomic E-state index is 13.1. The lowest BCUT2D eigenvalue weighted by Crippen LogP contribution is -2.13. The fourth-order valence-electron chi connectivity index (χ4n) is 1.94. The largest absolute Gasteiger partial charge is 0.488 e. The van der Waals surface area contributed by atoms with Crippen molar-refractivity contribution in [2.24, 2.45) is 0 Å². The van der Waals surface area contributed by atoms with Gasteiger partial charge in [-0.1, -0.05) is 44.0 Å². The summed E-state index contributed by atoms with van der Waals surface area (Å²) in [7, 11) is 1.91. The van der Waals surface area contributed by atoms with Crippen LogP contribution in [0.4, 0.5) is 4.39 Å². The van der Waals surface area contributed by atoms with Crippen LogP contribution in [0, 0.1) is 5.82 Å². The third-order valence-electron chi connectivity index (χ3n) is 3.27. The van der Waals surface area contributed by atoms with Crippen LogP contribution in [-0.4, -0.2) is 7.05 Å². The molecule has 0 saturated carbocycles.